The van der Waals surface area contributed by atoms with E-state index in [0.29, 0.717) is 66.7 Å². The Kier molecular flexibility index (Phi) is 9.64. The van der Waals surface area contributed by atoms with Crippen molar-refractivity contribution in [3.8, 4) is 17.2 Å². The lowest BCUT2D eigenvalue weighted by Gasteiger charge is -2.29. The van der Waals surface area contributed by atoms with Gasteiger partial charge in [0.05, 0.1) is 40.0 Å². The Morgan fingerprint density at radius 1 is 0.977 bits per heavy atom. The molecule has 1 unspecified atom stereocenters. The molecule has 0 saturated carbocycles. The van der Waals surface area contributed by atoms with Crippen molar-refractivity contribution in [3.63, 3.8) is 0 Å². The first-order valence-corrected chi connectivity index (χ1v) is 14.6. The molecule has 2 aliphatic heterocycles. The van der Waals surface area contributed by atoms with Gasteiger partial charge in [-0.15, -0.1) is 0 Å². The molecule has 9 nitrogen and oxygen atoms in total. The third-order valence-corrected chi connectivity index (χ3v) is 8.07. The van der Waals surface area contributed by atoms with E-state index in [9.17, 15) is 14.7 Å². The second-order valence-corrected chi connectivity index (χ2v) is 10.8. The number of benzene rings is 3. The van der Waals surface area contributed by atoms with Gasteiger partial charge < -0.3 is 33.9 Å². The number of likely N-dealkylation sites (tertiary alicyclic amines) is 1. The first-order valence-electron chi connectivity index (χ1n) is 14.6. The Balaban J connectivity index is 1.47. The zero-order chi connectivity index (χ0) is 30.3. The van der Waals surface area contributed by atoms with E-state index in [1.54, 1.807) is 43.3 Å². The monoisotopic (exact) mass is 586 g/mol. The number of aryl methyl sites for hydroxylation is 1. The number of morpholine rings is 1. The lowest BCUT2D eigenvalue weighted by atomic mass is 9.93. The predicted molar refractivity (Wildman–Crippen MR) is 159 cm³/mol. The van der Waals surface area contributed by atoms with Crippen molar-refractivity contribution in [2.75, 3.05) is 53.6 Å². The topological polar surface area (TPSA) is 102 Å². The summed E-state index contributed by atoms with van der Waals surface area (Å²) in [6.07, 6.45) is 0.687. The van der Waals surface area contributed by atoms with Gasteiger partial charge in [0.15, 0.2) is 11.5 Å². The van der Waals surface area contributed by atoms with Crippen LogP contribution in [0.1, 0.15) is 34.7 Å². The molecule has 2 aliphatic rings. The van der Waals surface area contributed by atoms with E-state index in [1.807, 2.05) is 30.3 Å². The van der Waals surface area contributed by atoms with Gasteiger partial charge in [-0.05, 0) is 53.4 Å². The molecule has 2 saturated heterocycles. The Labute approximate surface area is 252 Å². The minimum atomic E-state index is -0.847. The highest BCUT2D eigenvalue weighted by Gasteiger charge is 2.44. The number of Topliss-reactive ketones (excluding diaryl/α,β-unsaturated/α-hetero) is 1. The molecular weight excluding hydrogens is 548 g/mol. The fourth-order valence-electron chi connectivity index (χ4n) is 5.75. The summed E-state index contributed by atoms with van der Waals surface area (Å²) in [6, 6.07) is 19.4. The zero-order valence-electron chi connectivity index (χ0n) is 24.9. The average Bonchev–Trinajstić information content (AvgIpc) is 3.29. The van der Waals surface area contributed by atoms with Crippen molar-refractivity contribution in [1.29, 1.82) is 0 Å². The molecule has 0 aromatic heterocycles. The Bertz CT molecular complexity index is 1480. The number of hydrogen-bond acceptors (Lipinski definition) is 7. The molecule has 9 heteroatoms. The molecule has 2 heterocycles. The number of ketones is 1. The lowest BCUT2D eigenvalue weighted by molar-refractivity contribution is -0.908. The maximum atomic E-state index is 14.1. The largest absolute Gasteiger partial charge is 0.872 e. The maximum absolute atomic E-state index is 14.1. The Morgan fingerprint density at radius 3 is 2.42 bits per heavy atom. The van der Waals surface area contributed by atoms with Crippen molar-refractivity contribution in [1.82, 2.24) is 4.90 Å². The first kappa shape index (κ1) is 30.1. The highest BCUT2D eigenvalue weighted by Crippen LogP contribution is 2.42. The highest BCUT2D eigenvalue weighted by molar-refractivity contribution is 6.46. The maximum Gasteiger partial charge on any atom is 0.295 e. The van der Waals surface area contributed by atoms with Gasteiger partial charge in [-0.1, -0.05) is 48.2 Å². The van der Waals surface area contributed by atoms with Crippen LogP contribution in [-0.4, -0.2) is 70.2 Å². The van der Waals surface area contributed by atoms with Crippen molar-refractivity contribution in [3.05, 3.63) is 94.6 Å². The zero-order valence-corrected chi connectivity index (χ0v) is 24.9. The number of rotatable bonds is 11. The van der Waals surface area contributed by atoms with Gasteiger partial charge in [-0.2, -0.15) is 0 Å². The molecule has 226 valence electrons. The lowest BCUT2D eigenvalue weighted by Crippen LogP contribution is -3.14. The molecule has 1 amide bonds. The van der Waals surface area contributed by atoms with E-state index in [1.165, 1.54) is 24.0 Å². The number of nitrogens with one attached hydrogen (secondary N) is 1. The van der Waals surface area contributed by atoms with E-state index in [-0.39, 0.29) is 5.57 Å². The molecule has 2 fully saturated rings. The summed E-state index contributed by atoms with van der Waals surface area (Å²) in [5, 5.41) is 14.1. The van der Waals surface area contributed by atoms with Crippen LogP contribution in [0.2, 0.25) is 0 Å². The van der Waals surface area contributed by atoms with Gasteiger partial charge in [0, 0.05) is 18.5 Å². The van der Waals surface area contributed by atoms with E-state index in [0.717, 1.165) is 25.2 Å². The summed E-state index contributed by atoms with van der Waals surface area (Å²) in [4.78, 5) is 29.9. The molecule has 0 aliphatic carbocycles. The first-order chi connectivity index (χ1) is 20.9. The fraction of sp³-hybridized carbons (Fsp3) is 0.353. The molecule has 3 aromatic rings. The van der Waals surface area contributed by atoms with Gasteiger partial charge in [0.25, 0.3) is 5.91 Å². The molecule has 0 bridgehead atoms. The average molecular weight is 587 g/mol. The molecule has 0 spiro atoms. The van der Waals surface area contributed by atoms with Crippen LogP contribution in [0.15, 0.2) is 72.3 Å². The Morgan fingerprint density at radius 2 is 1.72 bits per heavy atom. The summed E-state index contributed by atoms with van der Waals surface area (Å²) in [6.45, 7) is 6.62. The van der Waals surface area contributed by atoms with Crippen LogP contribution in [0.25, 0.3) is 5.76 Å². The summed E-state index contributed by atoms with van der Waals surface area (Å²) < 4.78 is 22.3. The van der Waals surface area contributed by atoms with Gasteiger partial charge >= 0.3 is 0 Å². The van der Waals surface area contributed by atoms with Crippen LogP contribution in [0.3, 0.4) is 0 Å². The van der Waals surface area contributed by atoms with E-state index >= 15 is 0 Å². The van der Waals surface area contributed by atoms with Crippen molar-refractivity contribution in [2.24, 2.45) is 0 Å². The summed E-state index contributed by atoms with van der Waals surface area (Å²) >= 11 is 0. The van der Waals surface area contributed by atoms with Crippen molar-refractivity contribution in [2.45, 2.75) is 26.0 Å². The molecule has 43 heavy (non-hydrogen) atoms. The summed E-state index contributed by atoms with van der Waals surface area (Å²) in [5.41, 5.74) is 2.59. The number of quaternary nitrogens is 1. The normalized spacial score (nSPS) is 18.6. The fourth-order valence-corrected chi connectivity index (χ4v) is 5.75. The van der Waals surface area contributed by atoms with Crippen LogP contribution < -0.4 is 24.2 Å². The minimum Gasteiger partial charge on any atom is -0.872 e. The molecule has 0 radical (unpaired) electrons. The Hall–Kier alpha value is -4.34. The van der Waals surface area contributed by atoms with Gasteiger partial charge in [0.2, 0.25) is 5.78 Å². The molecule has 1 atom stereocenters. The van der Waals surface area contributed by atoms with Crippen LogP contribution in [0, 0.1) is 6.92 Å². The molecule has 5 rings (SSSR count). The molecular formula is C34H38N2O7. The molecule has 1 N–H and O–H groups in total. The summed E-state index contributed by atoms with van der Waals surface area (Å²) in [5.74, 6) is -0.327. The predicted octanol–water partition coefficient (Wildman–Crippen LogP) is 2.12. The number of nitrogens with zero attached hydrogens (tertiary/aromatic N) is 1. The van der Waals surface area contributed by atoms with Crippen LogP contribution >= 0.6 is 0 Å². The smallest absolute Gasteiger partial charge is 0.295 e. The second kappa shape index (κ2) is 13.8. The van der Waals surface area contributed by atoms with E-state index in [2.05, 4.69) is 0 Å². The minimum absolute atomic E-state index is 0.0583. The van der Waals surface area contributed by atoms with Gasteiger partial charge in [0.1, 0.15) is 25.4 Å². The number of hydrogen-bond donors (Lipinski definition) is 1. The van der Waals surface area contributed by atoms with Crippen LogP contribution in [0.5, 0.6) is 17.2 Å². The van der Waals surface area contributed by atoms with Gasteiger partial charge in [-0.25, -0.2) is 0 Å². The number of carbonyl (C=O) groups excluding carboxylic acids is 2. The van der Waals surface area contributed by atoms with Crippen LogP contribution in [-0.2, 0) is 20.9 Å². The number of ether oxygens (including phenoxy) is 4. The van der Waals surface area contributed by atoms with Crippen molar-refractivity contribution < 1.29 is 38.5 Å². The molecule has 3 aromatic carbocycles. The van der Waals surface area contributed by atoms with E-state index < -0.39 is 23.5 Å². The van der Waals surface area contributed by atoms with E-state index in [4.69, 9.17) is 18.9 Å². The number of amides is 1. The van der Waals surface area contributed by atoms with Crippen LogP contribution in [0.4, 0.5) is 0 Å². The summed E-state index contributed by atoms with van der Waals surface area (Å²) in [7, 11) is 3.06. The highest BCUT2D eigenvalue weighted by atomic mass is 16.5. The van der Waals surface area contributed by atoms with Gasteiger partial charge in [-0.3, -0.25) is 9.59 Å². The third-order valence-electron chi connectivity index (χ3n) is 8.07. The number of methoxy groups -OCH3 is 2. The van der Waals surface area contributed by atoms with Crippen molar-refractivity contribution >= 4 is 17.4 Å². The SMILES string of the molecule is COc1ccc(C2C(=C([O-])c3ccc(OCc4ccccc4)cc3C)C(=O)C(=O)N2CCC[NH+]2CCOCC2)cc1OC. The second-order valence-electron chi connectivity index (χ2n) is 10.8. The standard InChI is InChI=1S/C34H38N2O7/c1-23-20-26(43-22-24-8-5-4-6-9-24)11-12-27(23)32(37)30-31(25-10-13-28(40-2)29(21-25)41-3)36(34(39)33(30)38)15-7-14-35-16-18-42-19-17-35/h4-6,8-13,20-21,31,37H,7,14-19,22H2,1-3H3. The number of carbonyl (C=O) groups is 2. The third kappa shape index (κ3) is 6.68. The quantitative estimate of drug-likeness (QED) is 0.209.